The van der Waals surface area contributed by atoms with E-state index in [1.807, 2.05) is 0 Å². The van der Waals surface area contributed by atoms with Gasteiger partial charge in [-0.3, -0.25) is 0 Å². The van der Waals surface area contributed by atoms with Crippen LogP contribution < -0.4 is 0 Å². The topological polar surface area (TPSA) is 46.6 Å². The Kier molecular flexibility index (Phi) is 5.79. The molecule has 0 amide bonds. The Morgan fingerprint density at radius 2 is 2.10 bits per heavy atom. The van der Waals surface area contributed by atoms with Crippen LogP contribution in [-0.4, -0.2) is 39.0 Å². The zero-order valence-electron chi connectivity index (χ0n) is 11.5. The van der Waals surface area contributed by atoms with Gasteiger partial charge in [-0.2, -0.15) is 4.31 Å². The van der Waals surface area contributed by atoms with E-state index in [1.54, 1.807) is 0 Å². The maximum Gasteiger partial charge on any atom is 0.244 e. The van der Waals surface area contributed by atoms with Crippen LogP contribution in [0.5, 0.6) is 0 Å². The van der Waals surface area contributed by atoms with Crippen molar-refractivity contribution < 1.29 is 13.2 Å². The molecule has 0 spiro atoms. The number of nitrogens with zero attached hydrogens (tertiary/aromatic N) is 1. The number of likely N-dealkylation sites (N-methyl/N-ethyl adjacent to an activating group) is 1. The summed E-state index contributed by atoms with van der Waals surface area (Å²) in [5.74, 6) is 0.0521. The zero-order valence-corrected chi connectivity index (χ0v) is 14.6. The number of sulfonamides is 1. The largest absolute Gasteiger partial charge is 0.377 e. The molecule has 2 rings (SSSR count). The Morgan fingerprint density at radius 1 is 1.38 bits per heavy atom. The zero-order chi connectivity index (χ0) is 15.6. The fourth-order valence-electron chi connectivity index (χ4n) is 2.24. The summed E-state index contributed by atoms with van der Waals surface area (Å²) >= 11 is 17.9. The van der Waals surface area contributed by atoms with E-state index < -0.39 is 10.0 Å². The van der Waals surface area contributed by atoms with Crippen molar-refractivity contribution >= 4 is 44.8 Å². The van der Waals surface area contributed by atoms with Gasteiger partial charge >= 0.3 is 0 Å². The molecule has 1 aromatic carbocycles. The molecule has 0 saturated carbocycles. The number of hydrogen-bond acceptors (Lipinski definition) is 3. The van der Waals surface area contributed by atoms with Gasteiger partial charge in [0.2, 0.25) is 10.0 Å². The van der Waals surface area contributed by atoms with Crippen LogP contribution in [0, 0.1) is 0 Å². The molecule has 1 unspecified atom stereocenters. The number of halogens is 3. The first kappa shape index (κ1) is 17.3. The highest BCUT2D eigenvalue weighted by Gasteiger charge is 2.29. The quantitative estimate of drug-likeness (QED) is 0.743. The summed E-state index contributed by atoms with van der Waals surface area (Å²) in [6, 6.07) is 2.90. The molecule has 1 heterocycles. The molecule has 1 aromatic rings. The summed E-state index contributed by atoms with van der Waals surface area (Å²) in [6.45, 7) is 0.980. The molecule has 1 aliphatic rings. The molecule has 1 aliphatic heterocycles. The normalized spacial score (nSPS) is 19.4. The first-order valence-corrected chi connectivity index (χ1v) is 9.21. The lowest BCUT2D eigenvalue weighted by molar-refractivity contribution is 0.0979. The van der Waals surface area contributed by atoms with Crippen molar-refractivity contribution in [1.82, 2.24) is 4.31 Å². The summed E-state index contributed by atoms with van der Waals surface area (Å²) in [5, 5.41) is 0.437. The van der Waals surface area contributed by atoms with E-state index in [-0.39, 0.29) is 21.9 Å². The van der Waals surface area contributed by atoms with E-state index in [2.05, 4.69) is 0 Å². The minimum absolute atomic E-state index is 0.0183. The van der Waals surface area contributed by atoms with Crippen molar-refractivity contribution in [3.8, 4) is 0 Å². The van der Waals surface area contributed by atoms with Crippen molar-refractivity contribution in [2.75, 3.05) is 20.2 Å². The highest BCUT2D eigenvalue weighted by molar-refractivity contribution is 7.89. The van der Waals surface area contributed by atoms with Crippen molar-refractivity contribution in [3.63, 3.8) is 0 Å². The fourth-order valence-corrected chi connectivity index (χ4v) is 4.74. The molecule has 21 heavy (non-hydrogen) atoms. The monoisotopic (exact) mass is 371 g/mol. The summed E-state index contributed by atoms with van der Waals surface area (Å²) in [7, 11) is -2.19. The van der Waals surface area contributed by atoms with E-state index >= 15 is 0 Å². The third-order valence-electron chi connectivity index (χ3n) is 3.46. The molecule has 1 fully saturated rings. The highest BCUT2D eigenvalue weighted by atomic mass is 35.5. The number of benzene rings is 1. The van der Waals surface area contributed by atoms with Gasteiger partial charge in [-0.05, 0) is 25.0 Å². The minimum Gasteiger partial charge on any atom is -0.377 e. The van der Waals surface area contributed by atoms with Crippen molar-refractivity contribution in [2.45, 2.75) is 29.7 Å². The summed E-state index contributed by atoms with van der Waals surface area (Å²) in [5.41, 5.74) is 0.423. The molecule has 8 heteroatoms. The summed E-state index contributed by atoms with van der Waals surface area (Å²) in [4.78, 5) is 0.0183. The van der Waals surface area contributed by atoms with Crippen LogP contribution in [0.2, 0.25) is 10.0 Å². The second-order valence-electron chi connectivity index (χ2n) is 4.89. The average Bonchev–Trinajstić information content (AvgIpc) is 2.91. The SMILES string of the molecule is CN(CC1CCCO1)S(=O)(=O)c1ccc(Cl)c(CCl)c1Cl. The van der Waals surface area contributed by atoms with Crippen LogP contribution in [0.25, 0.3) is 0 Å². The van der Waals surface area contributed by atoms with Crippen LogP contribution in [-0.2, 0) is 20.6 Å². The number of alkyl halides is 1. The van der Waals surface area contributed by atoms with Crippen molar-refractivity contribution in [1.29, 1.82) is 0 Å². The van der Waals surface area contributed by atoms with Gasteiger partial charge in [-0.15, -0.1) is 11.6 Å². The number of ether oxygens (including phenoxy) is 1. The lowest BCUT2D eigenvalue weighted by Gasteiger charge is -2.21. The van der Waals surface area contributed by atoms with E-state index in [4.69, 9.17) is 39.5 Å². The maximum atomic E-state index is 12.6. The molecule has 118 valence electrons. The van der Waals surface area contributed by atoms with E-state index in [0.717, 1.165) is 12.8 Å². The van der Waals surface area contributed by atoms with Crippen LogP contribution in [0.1, 0.15) is 18.4 Å². The minimum atomic E-state index is -3.70. The first-order valence-electron chi connectivity index (χ1n) is 6.48. The number of hydrogen-bond donors (Lipinski definition) is 0. The fraction of sp³-hybridized carbons (Fsp3) is 0.538. The van der Waals surface area contributed by atoms with Gasteiger partial charge < -0.3 is 4.74 Å². The van der Waals surface area contributed by atoms with Crippen molar-refractivity contribution in [2.24, 2.45) is 0 Å². The second kappa shape index (κ2) is 7.02. The van der Waals surface area contributed by atoms with E-state index in [9.17, 15) is 8.42 Å². The lowest BCUT2D eigenvalue weighted by Crippen LogP contribution is -2.34. The van der Waals surface area contributed by atoms with Crippen LogP contribution in [0.4, 0.5) is 0 Å². The van der Waals surface area contributed by atoms with Gasteiger partial charge in [0.05, 0.1) is 17.0 Å². The van der Waals surface area contributed by atoms with Crippen LogP contribution >= 0.6 is 34.8 Å². The average molecular weight is 373 g/mol. The molecule has 0 aliphatic carbocycles. The molecule has 1 saturated heterocycles. The predicted molar refractivity (Wildman–Crippen MR) is 84.8 cm³/mol. The molecule has 0 bridgehead atoms. The smallest absolute Gasteiger partial charge is 0.244 e. The third kappa shape index (κ3) is 3.66. The van der Waals surface area contributed by atoms with Gasteiger partial charge in [0.25, 0.3) is 0 Å². The molecule has 1 atom stereocenters. The molecule has 0 N–H and O–H groups in total. The maximum absolute atomic E-state index is 12.6. The van der Waals surface area contributed by atoms with Crippen LogP contribution in [0.15, 0.2) is 17.0 Å². The Morgan fingerprint density at radius 3 is 2.67 bits per heavy atom. The Bertz CT molecular complexity index is 615. The Hall–Kier alpha value is -0.0400. The van der Waals surface area contributed by atoms with Crippen molar-refractivity contribution in [3.05, 3.63) is 27.7 Å². The molecular weight excluding hydrogens is 357 g/mol. The summed E-state index contributed by atoms with van der Waals surface area (Å²) < 4.78 is 32.0. The van der Waals surface area contributed by atoms with E-state index in [0.29, 0.717) is 23.7 Å². The van der Waals surface area contributed by atoms with Gasteiger partial charge in [0.15, 0.2) is 0 Å². The van der Waals surface area contributed by atoms with Gasteiger partial charge in [-0.25, -0.2) is 8.42 Å². The molecule has 0 radical (unpaired) electrons. The van der Waals surface area contributed by atoms with Crippen LogP contribution in [0.3, 0.4) is 0 Å². The molecular formula is C13H16Cl3NO3S. The first-order chi connectivity index (χ1) is 9.87. The Balaban J connectivity index is 2.30. The van der Waals surface area contributed by atoms with Gasteiger partial charge in [0, 0.05) is 30.8 Å². The van der Waals surface area contributed by atoms with E-state index in [1.165, 1.54) is 23.5 Å². The second-order valence-corrected chi connectivity index (χ2v) is 7.96. The van der Waals surface area contributed by atoms with Gasteiger partial charge in [0.1, 0.15) is 4.90 Å². The molecule has 4 nitrogen and oxygen atoms in total. The standard InChI is InChI=1S/C13H16Cl3NO3S/c1-17(8-9-3-2-6-20-9)21(18,19)12-5-4-11(15)10(7-14)13(12)16/h4-5,9H,2-3,6-8H2,1H3. The lowest BCUT2D eigenvalue weighted by atomic mass is 10.2. The predicted octanol–water partition coefficient (Wildman–Crippen LogP) is 3.53. The Labute approximate surface area is 140 Å². The number of rotatable bonds is 5. The molecule has 0 aromatic heterocycles. The summed E-state index contributed by atoms with van der Waals surface area (Å²) in [6.07, 6.45) is 1.75. The van der Waals surface area contributed by atoms with Gasteiger partial charge in [-0.1, -0.05) is 23.2 Å². The third-order valence-corrected chi connectivity index (χ3v) is 6.49. The highest BCUT2D eigenvalue weighted by Crippen LogP contribution is 2.33.